The van der Waals surface area contributed by atoms with E-state index >= 15 is 0 Å². The summed E-state index contributed by atoms with van der Waals surface area (Å²) in [6.07, 6.45) is 1.76. The average molecular weight is 937 g/mol. The minimum absolute atomic E-state index is 0. The molecule has 9 rings (SSSR count). The smallest absolute Gasteiger partial charge is 0.148 e. The summed E-state index contributed by atoms with van der Waals surface area (Å²) < 4.78 is 8.67. The predicted octanol–water partition coefficient (Wildman–Crippen LogP) is 13.0. The Morgan fingerprint density at radius 2 is 1.43 bits per heavy atom. The van der Waals surface area contributed by atoms with Gasteiger partial charge < -0.3 is 9.52 Å². The Labute approximate surface area is 352 Å². The third-order valence-corrected chi connectivity index (χ3v) is 10.8. The number of imidazole rings is 1. The molecule has 6 nitrogen and oxygen atoms in total. The molecule has 0 bridgehead atoms. The molecule has 0 saturated heterocycles. The second-order valence-electron chi connectivity index (χ2n) is 16.7. The van der Waals surface area contributed by atoms with Crippen LogP contribution in [0.15, 0.2) is 138 Å². The van der Waals surface area contributed by atoms with Crippen molar-refractivity contribution in [1.29, 1.82) is 5.26 Å². The van der Waals surface area contributed by atoms with E-state index in [-0.39, 0.29) is 37.6 Å². The Kier molecular flexibility index (Phi) is 9.70. The maximum Gasteiger partial charge on any atom is 0.148 e. The molecule has 0 spiro atoms. The van der Waals surface area contributed by atoms with Crippen LogP contribution < -0.4 is 0 Å². The van der Waals surface area contributed by atoms with E-state index in [9.17, 15) is 10.4 Å². The summed E-state index contributed by atoms with van der Waals surface area (Å²) in [5.41, 5.74) is 11.2. The van der Waals surface area contributed by atoms with Crippen LogP contribution in [0.5, 0.6) is 5.75 Å². The van der Waals surface area contributed by atoms with Crippen molar-refractivity contribution in [2.45, 2.75) is 52.4 Å². The van der Waals surface area contributed by atoms with Gasteiger partial charge in [0.15, 0.2) is 0 Å². The van der Waals surface area contributed by atoms with Crippen LogP contribution in [0.1, 0.15) is 58.2 Å². The SMILES string of the molecule is CC(C)(C)c1cc(-c2nc3c(-c4[c-]c(-c5cc(C#N)c(-c6ccccc6)cn5)c5oc6ccccc6c5c4)cccc3n2-c2ccccc2)c(O)c(C(C)(C)C)c1.[Pt]. The number of nitrogens with zero attached hydrogens (tertiary/aromatic N) is 4. The van der Waals surface area contributed by atoms with Gasteiger partial charge in [-0.3, -0.25) is 9.55 Å². The van der Waals surface area contributed by atoms with Gasteiger partial charge in [0.05, 0.1) is 33.8 Å². The van der Waals surface area contributed by atoms with E-state index < -0.39 is 0 Å². The first kappa shape index (κ1) is 38.6. The number of rotatable bonds is 5. The molecule has 288 valence electrons. The van der Waals surface area contributed by atoms with E-state index in [1.807, 2.05) is 78.9 Å². The topological polar surface area (TPSA) is 87.9 Å². The molecule has 0 aliphatic carbocycles. The van der Waals surface area contributed by atoms with E-state index in [0.29, 0.717) is 33.8 Å². The zero-order valence-corrected chi connectivity index (χ0v) is 35.4. The molecule has 58 heavy (non-hydrogen) atoms. The number of aromatic hydroxyl groups is 1. The standard InChI is InChI=1S/C51H41N4O2.Pt/c1-50(2,3)34-27-40(47(56)42(28-34)51(4,5)6)49-54-46-36(21-15-22-44(46)55(49)35-18-11-8-12-19-35)32-24-38-37-20-13-14-23-45(37)57-48(38)39(25-32)43-26-33(29-52)41(30-53-43)31-16-9-7-10-17-31;/h7-24,26-28,30,56H,1-6H3;/q-1;. The first-order valence-electron chi connectivity index (χ1n) is 19.2. The van der Waals surface area contributed by atoms with Crippen molar-refractivity contribution < 1.29 is 30.6 Å². The predicted molar refractivity (Wildman–Crippen MR) is 231 cm³/mol. The first-order valence-corrected chi connectivity index (χ1v) is 19.2. The van der Waals surface area contributed by atoms with E-state index in [4.69, 9.17) is 14.4 Å². The fourth-order valence-corrected chi connectivity index (χ4v) is 7.77. The fourth-order valence-electron chi connectivity index (χ4n) is 7.77. The zero-order valence-electron chi connectivity index (χ0n) is 33.2. The molecule has 0 unspecified atom stereocenters. The largest absolute Gasteiger partial charge is 0.507 e. The van der Waals surface area contributed by atoms with E-state index in [1.54, 1.807) is 6.20 Å². The maximum absolute atomic E-state index is 12.1. The Morgan fingerprint density at radius 3 is 2.14 bits per heavy atom. The van der Waals surface area contributed by atoms with E-state index in [0.717, 1.165) is 66.5 Å². The van der Waals surface area contributed by atoms with E-state index in [1.165, 1.54) is 0 Å². The van der Waals surface area contributed by atoms with Crippen molar-refractivity contribution in [2.75, 3.05) is 0 Å². The molecule has 0 amide bonds. The number of nitriles is 1. The minimum Gasteiger partial charge on any atom is -0.507 e. The molecule has 0 aliphatic rings. The summed E-state index contributed by atoms with van der Waals surface area (Å²) in [6.45, 7) is 13.0. The van der Waals surface area contributed by atoms with Crippen molar-refractivity contribution in [2.24, 2.45) is 0 Å². The van der Waals surface area contributed by atoms with Crippen molar-refractivity contribution in [3.8, 4) is 62.4 Å². The van der Waals surface area contributed by atoms with Crippen LogP contribution in [-0.2, 0) is 31.9 Å². The van der Waals surface area contributed by atoms with Gasteiger partial charge in [-0.1, -0.05) is 144 Å². The van der Waals surface area contributed by atoms with Crippen molar-refractivity contribution in [3.05, 3.63) is 156 Å². The summed E-state index contributed by atoms with van der Waals surface area (Å²) in [7, 11) is 0. The molecule has 0 saturated carbocycles. The van der Waals surface area contributed by atoms with Gasteiger partial charge in [-0.15, -0.1) is 17.7 Å². The molecule has 0 radical (unpaired) electrons. The van der Waals surface area contributed by atoms with Crippen LogP contribution in [0, 0.1) is 17.4 Å². The number of hydrogen-bond donors (Lipinski definition) is 1. The Bertz CT molecular complexity index is 3050. The van der Waals surface area contributed by atoms with E-state index in [2.05, 4.69) is 107 Å². The number of furan rings is 1. The molecule has 3 heterocycles. The van der Waals surface area contributed by atoms with Gasteiger partial charge in [0.25, 0.3) is 0 Å². The Balaban J connectivity index is 0.00000469. The van der Waals surface area contributed by atoms with Crippen molar-refractivity contribution in [1.82, 2.24) is 14.5 Å². The molecule has 1 N–H and O–H groups in total. The molecule has 0 fully saturated rings. The quantitative estimate of drug-likeness (QED) is 0.174. The van der Waals surface area contributed by atoms with Gasteiger partial charge >= 0.3 is 0 Å². The minimum atomic E-state index is -0.318. The Morgan fingerprint density at radius 1 is 0.724 bits per heavy atom. The third-order valence-electron chi connectivity index (χ3n) is 10.8. The van der Waals surface area contributed by atoms with Crippen LogP contribution in [0.25, 0.3) is 83.6 Å². The van der Waals surface area contributed by atoms with Crippen LogP contribution in [0.4, 0.5) is 0 Å². The molecule has 6 aromatic carbocycles. The third kappa shape index (κ3) is 6.60. The molecule has 7 heteroatoms. The number of benzene rings is 6. The van der Waals surface area contributed by atoms with Crippen LogP contribution in [-0.4, -0.2) is 19.6 Å². The normalized spacial score (nSPS) is 11.9. The molecular weight excluding hydrogens is 896 g/mol. The number of hydrogen-bond acceptors (Lipinski definition) is 5. The van der Waals surface area contributed by atoms with Crippen LogP contribution in [0.3, 0.4) is 0 Å². The van der Waals surface area contributed by atoms with Gasteiger partial charge in [0.2, 0.25) is 0 Å². The number of phenols is 1. The number of pyridine rings is 1. The molecule has 0 atom stereocenters. The summed E-state index contributed by atoms with van der Waals surface area (Å²) in [4.78, 5) is 10.4. The Hall–Kier alpha value is -6.28. The first-order chi connectivity index (χ1) is 27.4. The number of fused-ring (bicyclic) bond motifs is 4. The molecule has 9 aromatic rings. The molecule has 0 aliphatic heterocycles. The molecule has 3 aromatic heterocycles. The number of phenolic OH excluding ortho intramolecular Hbond substituents is 1. The second kappa shape index (κ2) is 14.6. The van der Waals surface area contributed by atoms with Crippen LogP contribution in [0.2, 0.25) is 0 Å². The van der Waals surface area contributed by atoms with Crippen molar-refractivity contribution in [3.63, 3.8) is 0 Å². The second-order valence-corrected chi connectivity index (χ2v) is 16.7. The van der Waals surface area contributed by atoms with Gasteiger partial charge in [-0.05, 0) is 57.7 Å². The summed E-state index contributed by atoms with van der Waals surface area (Å²) in [6, 6.07) is 48.4. The molecular formula is C51H41N4O2Pt-. The zero-order chi connectivity index (χ0) is 39.6. The van der Waals surface area contributed by atoms with Gasteiger partial charge in [0, 0.05) is 55.2 Å². The van der Waals surface area contributed by atoms with Gasteiger partial charge in [0.1, 0.15) is 17.2 Å². The van der Waals surface area contributed by atoms with Crippen LogP contribution >= 0.6 is 0 Å². The fraction of sp³-hybridized carbons (Fsp3) is 0.157. The van der Waals surface area contributed by atoms with Gasteiger partial charge in [-0.25, -0.2) is 4.98 Å². The summed E-state index contributed by atoms with van der Waals surface area (Å²) in [5.74, 6) is 0.868. The number of para-hydroxylation sites is 3. The monoisotopic (exact) mass is 936 g/mol. The summed E-state index contributed by atoms with van der Waals surface area (Å²) >= 11 is 0. The van der Waals surface area contributed by atoms with Crippen molar-refractivity contribution >= 4 is 33.0 Å². The maximum atomic E-state index is 12.1. The summed E-state index contributed by atoms with van der Waals surface area (Å²) in [5, 5.41) is 24.4. The average Bonchev–Trinajstić information content (AvgIpc) is 3.79. The van der Waals surface area contributed by atoms with Gasteiger partial charge in [-0.2, -0.15) is 5.26 Å². The number of aromatic nitrogens is 3.